The molecule has 0 aromatic heterocycles. The summed E-state index contributed by atoms with van der Waals surface area (Å²) >= 11 is 3.46. The minimum absolute atomic E-state index is 0.0991. The largest absolute Gasteiger partial charge is 0.378 e. The van der Waals surface area contributed by atoms with Gasteiger partial charge in [0.15, 0.2) is 0 Å². The van der Waals surface area contributed by atoms with E-state index in [1.807, 2.05) is 35.2 Å². The van der Waals surface area contributed by atoms with Crippen molar-refractivity contribution in [2.24, 2.45) is 0 Å². The summed E-state index contributed by atoms with van der Waals surface area (Å²) in [5.41, 5.74) is 3.29. The standard InChI is InChI=1S/C18H19BrN2O/c1-12-11-17(20-15-9-7-14(19)8-10-15)16-5-3-4-6-18(16)21(12)13(2)22/h3-10,12,17,20H,11H2,1-2H3/t12-,17-/m1/s1. The molecule has 1 amide bonds. The van der Waals surface area contributed by atoms with Crippen LogP contribution in [-0.2, 0) is 4.79 Å². The second kappa shape index (κ2) is 6.13. The second-order valence-corrected chi connectivity index (χ2v) is 6.65. The van der Waals surface area contributed by atoms with Crippen molar-refractivity contribution < 1.29 is 4.79 Å². The van der Waals surface area contributed by atoms with E-state index in [1.165, 1.54) is 5.56 Å². The lowest BCUT2D eigenvalue weighted by atomic mass is 9.91. The predicted molar refractivity (Wildman–Crippen MR) is 94.2 cm³/mol. The molecule has 0 bridgehead atoms. The molecular weight excluding hydrogens is 340 g/mol. The van der Waals surface area contributed by atoms with Gasteiger partial charge in [-0.25, -0.2) is 0 Å². The van der Waals surface area contributed by atoms with Crippen LogP contribution in [0.25, 0.3) is 0 Å². The first-order chi connectivity index (χ1) is 10.6. The summed E-state index contributed by atoms with van der Waals surface area (Å²) in [4.78, 5) is 13.9. The van der Waals surface area contributed by atoms with Gasteiger partial charge in [-0.2, -0.15) is 0 Å². The van der Waals surface area contributed by atoms with E-state index in [1.54, 1.807) is 6.92 Å². The van der Waals surface area contributed by atoms with Crippen LogP contribution in [-0.4, -0.2) is 11.9 Å². The highest BCUT2D eigenvalue weighted by atomic mass is 79.9. The number of carbonyl (C=O) groups is 1. The van der Waals surface area contributed by atoms with Crippen LogP contribution < -0.4 is 10.2 Å². The molecule has 0 fully saturated rings. The van der Waals surface area contributed by atoms with Crippen LogP contribution in [0.1, 0.15) is 31.9 Å². The summed E-state index contributed by atoms with van der Waals surface area (Å²) in [6, 6.07) is 16.7. The number of para-hydroxylation sites is 1. The molecule has 0 spiro atoms. The van der Waals surface area contributed by atoms with E-state index in [0.29, 0.717) is 0 Å². The van der Waals surface area contributed by atoms with Crippen molar-refractivity contribution in [3.63, 3.8) is 0 Å². The normalized spacial score (nSPS) is 20.4. The predicted octanol–water partition coefficient (Wildman–Crippen LogP) is 4.75. The Labute approximate surface area is 139 Å². The molecule has 0 saturated carbocycles. The molecule has 1 heterocycles. The Morgan fingerprint density at radius 1 is 1.18 bits per heavy atom. The molecule has 0 aliphatic carbocycles. The van der Waals surface area contributed by atoms with E-state index in [9.17, 15) is 4.79 Å². The highest BCUT2D eigenvalue weighted by Crippen LogP contribution is 2.38. The van der Waals surface area contributed by atoms with Crippen molar-refractivity contribution in [3.8, 4) is 0 Å². The van der Waals surface area contributed by atoms with E-state index in [2.05, 4.69) is 46.4 Å². The quantitative estimate of drug-likeness (QED) is 0.840. The lowest BCUT2D eigenvalue weighted by Gasteiger charge is -2.39. The van der Waals surface area contributed by atoms with Gasteiger partial charge >= 0.3 is 0 Å². The van der Waals surface area contributed by atoms with Crippen molar-refractivity contribution in [1.82, 2.24) is 0 Å². The molecule has 3 nitrogen and oxygen atoms in total. The number of rotatable bonds is 2. The summed E-state index contributed by atoms with van der Waals surface area (Å²) in [6.45, 7) is 3.74. The third-order valence-electron chi connectivity index (χ3n) is 4.11. The van der Waals surface area contributed by atoms with Gasteiger partial charge in [0.2, 0.25) is 5.91 Å². The smallest absolute Gasteiger partial charge is 0.224 e. The van der Waals surface area contributed by atoms with Crippen molar-refractivity contribution in [2.75, 3.05) is 10.2 Å². The fraction of sp³-hybridized carbons (Fsp3) is 0.278. The fourth-order valence-electron chi connectivity index (χ4n) is 3.18. The van der Waals surface area contributed by atoms with Crippen LogP contribution in [0.15, 0.2) is 53.0 Å². The van der Waals surface area contributed by atoms with Crippen molar-refractivity contribution in [2.45, 2.75) is 32.4 Å². The highest BCUT2D eigenvalue weighted by Gasteiger charge is 2.31. The number of nitrogens with zero attached hydrogens (tertiary/aromatic N) is 1. The molecule has 0 unspecified atom stereocenters. The lowest BCUT2D eigenvalue weighted by molar-refractivity contribution is -0.117. The Morgan fingerprint density at radius 3 is 2.55 bits per heavy atom. The van der Waals surface area contributed by atoms with Gasteiger partial charge in [0.25, 0.3) is 0 Å². The number of amides is 1. The molecule has 0 radical (unpaired) electrons. The zero-order valence-electron chi connectivity index (χ0n) is 12.7. The summed E-state index contributed by atoms with van der Waals surface area (Å²) in [5.74, 6) is 0.0991. The topological polar surface area (TPSA) is 32.3 Å². The third-order valence-corrected chi connectivity index (χ3v) is 4.64. The average molecular weight is 359 g/mol. The Bertz CT molecular complexity index is 684. The SMILES string of the molecule is CC(=O)N1c2ccccc2[C@H](Nc2ccc(Br)cc2)C[C@H]1C. The van der Waals surface area contributed by atoms with Gasteiger partial charge in [0.05, 0.1) is 6.04 Å². The number of nitrogens with one attached hydrogen (secondary N) is 1. The van der Waals surface area contributed by atoms with Crippen molar-refractivity contribution in [1.29, 1.82) is 0 Å². The van der Waals surface area contributed by atoms with Gasteiger partial charge in [0.1, 0.15) is 0 Å². The Morgan fingerprint density at radius 2 is 1.86 bits per heavy atom. The molecule has 4 heteroatoms. The third kappa shape index (κ3) is 2.88. The molecule has 3 rings (SSSR count). The minimum atomic E-state index is 0.0991. The summed E-state index contributed by atoms with van der Waals surface area (Å²) in [7, 11) is 0. The Hall–Kier alpha value is -1.81. The van der Waals surface area contributed by atoms with Gasteiger partial charge < -0.3 is 10.2 Å². The van der Waals surface area contributed by atoms with Gasteiger partial charge in [-0.3, -0.25) is 4.79 Å². The number of carbonyl (C=O) groups excluding carboxylic acids is 1. The summed E-state index contributed by atoms with van der Waals surface area (Å²) in [6.07, 6.45) is 0.895. The van der Waals surface area contributed by atoms with E-state index >= 15 is 0 Å². The second-order valence-electron chi connectivity index (χ2n) is 5.74. The van der Waals surface area contributed by atoms with Gasteiger partial charge in [-0.1, -0.05) is 34.1 Å². The molecule has 2 atom stereocenters. The lowest BCUT2D eigenvalue weighted by Crippen LogP contribution is -2.43. The van der Waals surface area contributed by atoms with Crippen LogP contribution in [0.2, 0.25) is 0 Å². The molecule has 0 saturated heterocycles. The first-order valence-electron chi connectivity index (χ1n) is 7.47. The molecule has 2 aromatic carbocycles. The molecule has 22 heavy (non-hydrogen) atoms. The van der Waals surface area contributed by atoms with E-state index < -0.39 is 0 Å². The average Bonchev–Trinajstić information content (AvgIpc) is 2.49. The van der Waals surface area contributed by atoms with Crippen LogP contribution >= 0.6 is 15.9 Å². The maximum atomic E-state index is 12.0. The van der Waals surface area contributed by atoms with E-state index in [-0.39, 0.29) is 18.0 Å². The Balaban J connectivity index is 1.94. The molecule has 2 aromatic rings. The van der Waals surface area contributed by atoms with E-state index in [0.717, 1.165) is 22.3 Å². The number of hydrogen-bond donors (Lipinski definition) is 1. The van der Waals surface area contributed by atoms with Crippen LogP contribution in [0.3, 0.4) is 0 Å². The van der Waals surface area contributed by atoms with Gasteiger partial charge in [0, 0.05) is 28.8 Å². The summed E-state index contributed by atoms with van der Waals surface area (Å²) in [5, 5.41) is 3.60. The maximum absolute atomic E-state index is 12.0. The monoisotopic (exact) mass is 358 g/mol. The van der Waals surface area contributed by atoms with Crippen LogP contribution in [0.4, 0.5) is 11.4 Å². The van der Waals surface area contributed by atoms with Crippen LogP contribution in [0, 0.1) is 0 Å². The number of hydrogen-bond acceptors (Lipinski definition) is 2. The number of halogens is 1. The van der Waals surface area contributed by atoms with Crippen molar-refractivity contribution >= 4 is 33.2 Å². The first kappa shape index (κ1) is 15.1. The first-order valence-corrected chi connectivity index (χ1v) is 8.26. The number of anilines is 2. The number of benzene rings is 2. The maximum Gasteiger partial charge on any atom is 0.224 e. The molecule has 1 N–H and O–H groups in total. The zero-order valence-corrected chi connectivity index (χ0v) is 14.3. The van der Waals surface area contributed by atoms with Gasteiger partial charge in [-0.15, -0.1) is 0 Å². The van der Waals surface area contributed by atoms with Crippen molar-refractivity contribution in [3.05, 3.63) is 58.6 Å². The number of fused-ring (bicyclic) bond motifs is 1. The molecule has 1 aliphatic rings. The fourth-order valence-corrected chi connectivity index (χ4v) is 3.44. The summed E-state index contributed by atoms with van der Waals surface area (Å²) < 4.78 is 1.07. The molecule has 1 aliphatic heterocycles. The van der Waals surface area contributed by atoms with Crippen LogP contribution in [0.5, 0.6) is 0 Å². The van der Waals surface area contributed by atoms with E-state index in [4.69, 9.17) is 0 Å². The minimum Gasteiger partial charge on any atom is -0.378 e. The highest BCUT2D eigenvalue weighted by molar-refractivity contribution is 9.10. The van der Waals surface area contributed by atoms with Gasteiger partial charge in [-0.05, 0) is 49.2 Å². The Kier molecular flexibility index (Phi) is 4.21. The molecule has 114 valence electrons. The molecular formula is C18H19BrN2O. The zero-order chi connectivity index (χ0) is 15.7.